The molecular weight excluding hydrogens is 262 g/mol. The standard InChI is InChI=1S/C14H23NO3S/c1-13(2,3)18-11(16)10-19-12(17)8-9-14(4,5)15(6)7/h10H2,1-7H3. The molecule has 0 atom stereocenters. The second-order valence-electron chi connectivity index (χ2n) is 5.87. The number of carbonyl (C=O) groups excluding carboxylic acids is 2. The van der Waals surface area contributed by atoms with Crippen LogP contribution < -0.4 is 0 Å². The predicted octanol–water partition coefficient (Wildman–Crippen LogP) is 1.93. The van der Waals surface area contributed by atoms with Crippen molar-refractivity contribution in [3.63, 3.8) is 0 Å². The van der Waals surface area contributed by atoms with Crippen LogP contribution in [0.1, 0.15) is 34.6 Å². The maximum Gasteiger partial charge on any atom is 0.316 e. The summed E-state index contributed by atoms with van der Waals surface area (Å²) in [6, 6.07) is 0. The van der Waals surface area contributed by atoms with Gasteiger partial charge in [0.05, 0.1) is 11.3 Å². The molecule has 0 unspecified atom stereocenters. The monoisotopic (exact) mass is 285 g/mol. The Bertz CT molecular complexity index is 397. The zero-order chi connectivity index (χ0) is 15.3. The first-order valence-corrected chi connectivity index (χ1v) is 7.02. The van der Waals surface area contributed by atoms with E-state index in [0.29, 0.717) is 0 Å². The van der Waals surface area contributed by atoms with Gasteiger partial charge in [0.1, 0.15) is 5.60 Å². The topological polar surface area (TPSA) is 46.6 Å². The lowest BCUT2D eigenvalue weighted by Crippen LogP contribution is -2.36. The van der Waals surface area contributed by atoms with Crippen LogP contribution in [0, 0.1) is 11.8 Å². The third kappa shape index (κ3) is 8.68. The fourth-order valence-corrected chi connectivity index (χ4v) is 1.28. The van der Waals surface area contributed by atoms with Crippen LogP contribution in [-0.2, 0) is 14.3 Å². The normalized spacial score (nSPS) is 11.8. The summed E-state index contributed by atoms with van der Waals surface area (Å²) in [5, 5.41) is -0.319. The summed E-state index contributed by atoms with van der Waals surface area (Å²) in [4.78, 5) is 24.9. The molecule has 0 aromatic rings. The van der Waals surface area contributed by atoms with E-state index in [2.05, 4.69) is 11.8 Å². The first kappa shape index (κ1) is 18.0. The molecule has 4 nitrogen and oxygen atoms in total. The Hall–Kier alpha value is -0.990. The smallest absolute Gasteiger partial charge is 0.316 e. The van der Waals surface area contributed by atoms with Crippen LogP contribution in [-0.4, -0.2) is 47.0 Å². The third-order valence-electron chi connectivity index (χ3n) is 2.33. The van der Waals surface area contributed by atoms with E-state index >= 15 is 0 Å². The van der Waals surface area contributed by atoms with Gasteiger partial charge in [-0.3, -0.25) is 14.5 Å². The van der Waals surface area contributed by atoms with Crippen LogP contribution >= 0.6 is 11.8 Å². The summed E-state index contributed by atoms with van der Waals surface area (Å²) in [5.41, 5.74) is -0.901. The molecule has 0 spiro atoms. The summed E-state index contributed by atoms with van der Waals surface area (Å²) in [6.07, 6.45) is 0. The Balaban J connectivity index is 4.29. The first-order valence-electron chi connectivity index (χ1n) is 6.03. The largest absolute Gasteiger partial charge is 0.459 e. The van der Waals surface area contributed by atoms with Gasteiger partial charge in [-0.1, -0.05) is 17.7 Å². The number of thioether (sulfide) groups is 1. The lowest BCUT2D eigenvalue weighted by molar-refractivity contribution is -0.151. The highest BCUT2D eigenvalue weighted by Crippen LogP contribution is 2.11. The van der Waals surface area contributed by atoms with Crippen molar-refractivity contribution in [2.24, 2.45) is 0 Å². The molecule has 0 radical (unpaired) electrons. The Morgan fingerprint density at radius 2 is 1.68 bits per heavy atom. The second kappa shape index (κ2) is 6.97. The molecule has 0 aliphatic heterocycles. The minimum absolute atomic E-state index is 0.00677. The van der Waals surface area contributed by atoms with Crippen molar-refractivity contribution in [3.8, 4) is 11.8 Å². The molecule has 0 heterocycles. The molecule has 0 aromatic carbocycles. The van der Waals surface area contributed by atoms with E-state index in [4.69, 9.17) is 4.74 Å². The molecule has 0 aliphatic carbocycles. The molecule has 0 rings (SSSR count). The second-order valence-corrected chi connectivity index (χ2v) is 6.81. The highest BCUT2D eigenvalue weighted by atomic mass is 32.2. The Morgan fingerprint density at radius 3 is 2.11 bits per heavy atom. The Kier molecular flexibility index (Phi) is 6.61. The zero-order valence-electron chi connectivity index (χ0n) is 12.8. The summed E-state index contributed by atoms with van der Waals surface area (Å²) in [5.74, 6) is 5.02. The van der Waals surface area contributed by atoms with Crippen molar-refractivity contribution in [3.05, 3.63) is 0 Å². The molecule has 0 N–H and O–H groups in total. The minimum Gasteiger partial charge on any atom is -0.459 e. The molecule has 19 heavy (non-hydrogen) atoms. The lowest BCUT2D eigenvalue weighted by atomic mass is 10.1. The van der Waals surface area contributed by atoms with E-state index in [0.717, 1.165) is 11.8 Å². The van der Waals surface area contributed by atoms with E-state index in [9.17, 15) is 9.59 Å². The number of carbonyl (C=O) groups is 2. The molecule has 108 valence electrons. The average Bonchev–Trinajstić information content (AvgIpc) is 2.21. The third-order valence-corrected chi connectivity index (χ3v) is 3.07. The van der Waals surface area contributed by atoms with Gasteiger partial charge in [-0.25, -0.2) is 0 Å². The molecule has 0 aromatic heterocycles. The van der Waals surface area contributed by atoms with Gasteiger partial charge < -0.3 is 4.74 Å². The van der Waals surface area contributed by atoms with Gasteiger partial charge in [0.25, 0.3) is 5.12 Å². The number of ether oxygens (including phenoxy) is 1. The van der Waals surface area contributed by atoms with Crippen molar-refractivity contribution >= 4 is 22.8 Å². The first-order chi connectivity index (χ1) is 8.44. The molecule has 0 bridgehead atoms. The maximum absolute atomic E-state index is 11.5. The lowest BCUT2D eigenvalue weighted by Gasteiger charge is -2.26. The predicted molar refractivity (Wildman–Crippen MR) is 78.9 cm³/mol. The van der Waals surface area contributed by atoms with Crippen molar-refractivity contribution in [2.75, 3.05) is 19.8 Å². The molecular formula is C14H23NO3S. The zero-order valence-corrected chi connectivity index (χ0v) is 13.6. The van der Waals surface area contributed by atoms with Crippen LogP contribution in [0.3, 0.4) is 0 Å². The molecule has 0 saturated heterocycles. The van der Waals surface area contributed by atoms with E-state index in [1.807, 2.05) is 32.8 Å². The van der Waals surface area contributed by atoms with Crippen molar-refractivity contribution in [2.45, 2.75) is 45.8 Å². The van der Waals surface area contributed by atoms with Gasteiger partial charge in [-0.2, -0.15) is 0 Å². The number of hydrogen-bond donors (Lipinski definition) is 0. The highest BCUT2D eigenvalue weighted by molar-refractivity contribution is 8.14. The molecule has 0 saturated carbocycles. The fourth-order valence-electron chi connectivity index (χ4n) is 0.847. The van der Waals surface area contributed by atoms with Gasteiger partial charge in [0, 0.05) is 0 Å². The van der Waals surface area contributed by atoms with Gasteiger partial charge in [0.15, 0.2) is 0 Å². The van der Waals surface area contributed by atoms with Crippen molar-refractivity contribution in [1.29, 1.82) is 0 Å². The number of esters is 1. The maximum atomic E-state index is 11.5. The summed E-state index contributed by atoms with van der Waals surface area (Å²) >= 11 is 0.872. The number of nitrogens with zero attached hydrogens (tertiary/aromatic N) is 1. The van der Waals surface area contributed by atoms with E-state index in [1.165, 1.54) is 0 Å². The molecule has 0 fully saturated rings. The van der Waals surface area contributed by atoms with Crippen LogP contribution in [0.2, 0.25) is 0 Å². The molecule has 5 heteroatoms. The van der Waals surface area contributed by atoms with Gasteiger partial charge in [-0.05, 0) is 54.6 Å². The van der Waals surface area contributed by atoms with Crippen LogP contribution in [0.15, 0.2) is 0 Å². The van der Waals surface area contributed by atoms with Crippen LogP contribution in [0.4, 0.5) is 0 Å². The fraction of sp³-hybridized carbons (Fsp3) is 0.714. The number of rotatable bonds is 3. The SMILES string of the molecule is CN(C)C(C)(C)C#CC(=O)SCC(=O)OC(C)(C)C. The van der Waals surface area contributed by atoms with E-state index in [1.54, 1.807) is 20.8 Å². The minimum atomic E-state index is -0.528. The van der Waals surface area contributed by atoms with Gasteiger partial charge in [-0.15, -0.1) is 0 Å². The van der Waals surface area contributed by atoms with E-state index in [-0.39, 0.29) is 16.4 Å². The van der Waals surface area contributed by atoms with E-state index < -0.39 is 11.6 Å². The average molecular weight is 285 g/mol. The highest BCUT2D eigenvalue weighted by Gasteiger charge is 2.18. The van der Waals surface area contributed by atoms with Gasteiger partial charge in [0.2, 0.25) is 0 Å². The van der Waals surface area contributed by atoms with Crippen LogP contribution in [0.25, 0.3) is 0 Å². The van der Waals surface area contributed by atoms with Crippen molar-refractivity contribution in [1.82, 2.24) is 4.90 Å². The van der Waals surface area contributed by atoms with Gasteiger partial charge >= 0.3 is 5.97 Å². The summed E-state index contributed by atoms with van der Waals surface area (Å²) in [6.45, 7) is 9.21. The molecule has 0 aliphatic rings. The number of hydrogen-bond acceptors (Lipinski definition) is 5. The Morgan fingerprint density at radius 1 is 1.16 bits per heavy atom. The van der Waals surface area contributed by atoms with Crippen molar-refractivity contribution < 1.29 is 14.3 Å². The van der Waals surface area contributed by atoms with Crippen LogP contribution in [0.5, 0.6) is 0 Å². The quantitative estimate of drug-likeness (QED) is 0.586. The summed E-state index contributed by atoms with van der Waals surface area (Å²) < 4.78 is 5.10. The molecule has 0 amide bonds. The Labute approximate surface area is 120 Å². The summed E-state index contributed by atoms with van der Waals surface area (Å²) in [7, 11) is 3.79.